The minimum atomic E-state index is -1.33. The molecule has 2 aliphatic rings. The van der Waals surface area contributed by atoms with E-state index in [2.05, 4.69) is 31.9 Å². The Hall–Kier alpha value is -5.22. The van der Waals surface area contributed by atoms with E-state index in [1.54, 1.807) is 60.5 Å². The summed E-state index contributed by atoms with van der Waals surface area (Å²) in [6.45, 7) is 5.75. The van der Waals surface area contributed by atoms with Crippen molar-refractivity contribution in [2.75, 3.05) is 39.9 Å². The van der Waals surface area contributed by atoms with Crippen LogP contribution >= 0.6 is 0 Å². The molecule has 2 aliphatic heterocycles. The fourth-order valence-corrected chi connectivity index (χ4v) is 6.85. The van der Waals surface area contributed by atoms with Crippen molar-refractivity contribution in [3.05, 3.63) is 71.8 Å². The number of likely N-dealkylation sites (tertiary alicyclic amines) is 1. The fraction of sp³-hybridized carbons (Fsp3) is 0.550. The molecule has 0 bridgehead atoms. The van der Waals surface area contributed by atoms with Gasteiger partial charge in [-0.25, -0.2) is 9.59 Å². The zero-order chi connectivity index (χ0) is 40.5. The molecular weight excluding hydrogens is 720 g/mol. The number of ether oxygens (including phenoxy) is 2. The number of benzene rings is 2. The predicted molar refractivity (Wildman–Crippen MR) is 209 cm³/mol. The van der Waals surface area contributed by atoms with Crippen molar-refractivity contribution in [3.8, 4) is 0 Å². The first-order valence-corrected chi connectivity index (χ1v) is 19.4. The standard InChI is InChI=1S/C40H58N8O8/c1-26(2)21-31(35(49)47-33(25-55-24-30-15-10-18-43-30)38(52)48-19-16-29(17-20-48)44-40(54)42-3)45-36(50)32(22-27-11-6-4-7-12-27)46-37(51)34(56-39(41)53)23-28-13-8-5-9-14-28/h4-9,11-14,26,29-34,43H,10,15-25H2,1-3H3,(H2,41,53)(H,45,50)(H,46,51)(H,47,49)(H2,42,44,54)/t30-,31+,32+,33+,34+/m0/s1. The minimum Gasteiger partial charge on any atom is -0.436 e. The van der Waals surface area contributed by atoms with Crippen molar-refractivity contribution in [3.63, 3.8) is 0 Å². The van der Waals surface area contributed by atoms with Crippen LogP contribution in [0.25, 0.3) is 0 Å². The Balaban J connectivity index is 1.50. The maximum atomic E-state index is 14.1. The summed E-state index contributed by atoms with van der Waals surface area (Å²) >= 11 is 0. The van der Waals surface area contributed by atoms with Gasteiger partial charge in [0.05, 0.1) is 13.2 Å². The van der Waals surface area contributed by atoms with Crippen LogP contribution in [0, 0.1) is 5.92 Å². The summed E-state index contributed by atoms with van der Waals surface area (Å²) in [5.41, 5.74) is 6.77. The smallest absolute Gasteiger partial charge is 0.405 e. The molecule has 0 radical (unpaired) electrons. The van der Waals surface area contributed by atoms with Crippen molar-refractivity contribution in [2.24, 2.45) is 11.7 Å². The topological polar surface area (TPSA) is 222 Å². The number of piperidine rings is 1. The van der Waals surface area contributed by atoms with Crippen LogP contribution in [0.15, 0.2) is 60.7 Å². The second-order valence-corrected chi connectivity index (χ2v) is 14.8. The van der Waals surface area contributed by atoms with Crippen LogP contribution < -0.4 is 37.6 Å². The molecule has 0 aromatic heterocycles. The number of primary amides is 1. The van der Waals surface area contributed by atoms with Gasteiger partial charge in [0, 0.05) is 45.1 Å². The molecule has 5 atom stereocenters. The maximum absolute atomic E-state index is 14.1. The van der Waals surface area contributed by atoms with Gasteiger partial charge in [-0.2, -0.15) is 0 Å². The number of nitrogens with one attached hydrogen (secondary N) is 6. The Morgan fingerprint density at radius 2 is 1.39 bits per heavy atom. The van der Waals surface area contributed by atoms with Crippen molar-refractivity contribution in [1.29, 1.82) is 0 Å². The summed E-state index contributed by atoms with van der Waals surface area (Å²) < 4.78 is 11.2. The van der Waals surface area contributed by atoms with E-state index >= 15 is 0 Å². The van der Waals surface area contributed by atoms with Gasteiger partial charge in [-0.15, -0.1) is 0 Å². The van der Waals surface area contributed by atoms with Gasteiger partial charge in [0.15, 0.2) is 6.10 Å². The number of carbonyl (C=O) groups is 6. The molecule has 7 amide bonds. The Morgan fingerprint density at radius 3 is 1.96 bits per heavy atom. The number of carbonyl (C=O) groups excluding carboxylic acids is 6. The largest absolute Gasteiger partial charge is 0.436 e. The normalized spacial score (nSPS) is 17.9. The van der Waals surface area contributed by atoms with E-state index < -0.39 is 48.0 Å². The lowest BCUT2D eigenvalue weighted by Crippen LogP contribution is -2.60. The molecule has 2 aromatic rings. The molecular formula is C40H58N8O8. The molecule has 2 aromatic carbocycles. The van der Waals surface area contributed by atoms with Crippen LogP contribution in [-0.4, -0.2) is 117 Å². The summed E-state index contributed by atoms with van der Waals surface area (Å²) in [7, 11) is 1.54. The first-order chi connectivity index (χ1) is 26.9. The SMILES string of the molecule is CNC(=O)NC1CCN(C(=O)[C@@H](COC[C@@H]2CCCN2)NC(=O)[C@@H](CC(C)C)NC(=O)[C@@H](Cc2ccccc2)NC(=O)[C@@H](Cc2ccccc2)OC(N)=O)CC1. The summed E-state index contributed by atoms with van der Waals surface area (Å²) in [6, 6.07) is 14.5. The van der Waals surface area contributed by atoms with Gasteiger partial charge >= 0.3 is 12.1 Å². The predicted octanol–water partition coefficient (Wildman–Crippen LogP) is 1.12. The third kappa shape index (κ3) is 14.5. The second kappa shape index (κ2) is 22.4. The van der Waals surface area contributed by atoms with E-state index in [1.807, 2.05) is 26.0 Å². The highest BCUT2D eigenvalue weighted by atomic mass is 16.6. The maximum Gasteiger partial charge on any atom is 0.405 e. The lowest BCUT2D eigenvalue weighted by molar-refractivity contribution is -0.140. The van der Waals surface area contributed by atoms with Gasteiger partial charge in [-0.3, -0.25) is 19.2 Å². The van der Waals surface area contributed by atoms with Crippen molar-refractivity contribution in [1.82, 2.24) is 36.8 Å². The van der Waals surface area contributed by atoms with E-state index in [9.17, 15) is 28.8 Å². The quantitative estimate of drug-likeness (QED) is 0.109. The summed E-state index contributed by atoms with van der Waals surface area (Å²) in [5.74, 6) is -2.31. The monoisotopic (exact) mass is 778 g/mol. The van der Waals surface area contributed by atoms with Crippen LogP contribution in [0.5, 0.6) is 0 Å². The number of hydrogen-bond acceptors (Lipinski definition) is 9. The number of nitrogens with zero attached hydrogens (tertiary/aromatic N) is 1. The zero-order valence-electron chi connectivity index (χ0n) is 32.6. The molecule has 16 nitrogen and oxygen atoms in total. The van der Waals surface area contributed by atoms with Crippen LogP contribution in [0.4, 0.5) is 9.59 Å². The average Bonchev–Trinajstić information content (AvgIpc) is 3.70. The lowest BCUT2D eigenvalue weighted by atomic mass is 10.00. The van der Waals surface area contributed by atoms with E-state index in [4.69, 9.17) is 15.2 Å². The fourth-order valence-electron chi connectivity index (χ4n) is 6.85. The number of urea groups is 1. The number of rotatable bonds is 19. The Kier molecular flexibility index (Phi) is 17.4. The van der Waals surface area contributed by atoms with Crippen LogP contribution in [-0.2, 0) is 41.5 Å². The van der Waals surface area contributed by atoms with E-state index in [1.165, 1.54) is 0 Å². The van der Waals surface area contributed by atoms with Crippen LogP contribution in [0.2, 0.25) is 0 Å². The average molecular weight is 779 g/mol. The Labute approximate surface area is 328 Å². The number of nitrogens with two attached hydrogens (primary N) is 1. The molecule has 2 heterocycles. The minimum absolute atomic E-state index is 0.0181. The number of amides is 7. The lowest BCUT2D eigenvalue weighted by Gasteiger charge is -2.35. The Morgan fingerprint density at radius 1 is 0.804 bits per heavy atom. The van der Waals surface area contributed by atoms with Gasteiger partial charge in [0.2, 0.25) is 17.7 Å². The second-order valence-electron chi connectivity index (χ2n) is 14.8. The van der Waals surface area contributed by atoms with E-state index in [-0.39, 0.29) is 55.8 Å². The van der Waals surface area contributed by atoms with E-state index in [0.717, 1.165) is 24.9 Å². The zero-order valence-corrected chi connectivity index (χ0v) is 32.6. The molecule has 2 fully saturated rings. The van der Waals surface area contributed by atoms with Crippen molar-refractivity contribution in [2.45, 2.75) is 95.1 Å². The summed E-state index contributed by atoms with van der Waals surface area (Å²) in [6.07, 6.45) is 0.913. The molecule has 0 aliphatic carbocycles. The van der Waals surface area contributed by atoms with Gasteiger partial charge in [0.1, 0.15) is 18.1 Å². The van der Waals surface area contributed by atoms with E-state index in [0.29, 0.717) is 38.1 Å². The molecule has 0 spiro atoms. The molecule has 0 unspecified atom stereocenters. The Bertz CT molecular complexity index is 1580. The van der Waals surface area contributed by atoms with Gasteiger partial charge in [-0.05, 0) is 55.7 Å². The van der Waals surface area contributed by atoms with Gasteiger partial charge < -0.3 is 52.0 Å². The van der Waals surface area contributed by atoms with Crippen LogP contribution in [0.3, 0.4) is 0 Å². The third-order valence-corrected chi connectivity index (χ3v) is 9.82. The summed E-state index contributed by atoms with van der Waals surface area (Å²) in [5, 5.41) is 17.2. The molecule has 4 rings (SSSR count). The third-order valence-electron chi connectivity index (χ3n) is 9.82. The van der Waals surface area contributed by atoms with Crippen LogP contribution in [0.1, 0.15) is 57.1 Å². The molecule has 16 heteroatoms. The molecule has 56 heavy (non-hydrogen) atoms. The highest BCUT2D eigenvalue weighted by molar-refractivity contribution is 5.95. The van der Waals surface area contributed by atoms with Gasteiger partial charge in [0.25, 0.3) is 5.91 Å². The molecule has 0 saturated carbocycles. The first kappa shape index (κ1) is 43.5. The first-order valence-electron chi connectivity index (χ1n) is 19.4. The highest BCUT2D eigenvalue weighted by Crippen LogP contribution is 2.15. The summed E-state index contributed by atoms with van der Waals surface area (Å²) in [4.78, 5) is 81.1. The van der Waals surface area contributed by atoms with Crippen molar-refractivity contribution >= 4 is 35.8 Å². The molecule has 2 saturated heterocycles. The molecule has 306 valence electrons. The number of hydrogen-bond donors (Lipinski definition) is 7. The molecule has 8 N–H and O–H groups in total. The highest BCUT2D eigenvalue weighted by Gasteiger charge is 2.35. The van der Waals surface area contributed by atoms with Gasteiger partial charge in [-0.1, -0.05) is 74.5 Å². The van der Waals surface area contributed by atoms with Crippen molar-refractivity contribution < 1.29 is 38.2 Å².